The Balaban J connectivity index is 1.66. The summed E-state index contributed by atoms with van der Waals surface area (Å²) in [5, 5.41) is 9.62. The van der Waals surface area contributed by atoms with Crippen molar-refractivity contribution >= 4 is 27.2 Å². The van der Waals surface area contributed by atoms with Crippen LogP contribution in [0.1, 0.15) is 30.9 Å². The molecule has 2 aromatic rings. The number of fused-ring (bicyclic) bond motifs is 3. The van der Waals surface area contributed by atoms with Crippen molar-refractivity contribution in [2.45, 2.75) is 19.8 Å². The first-order valence-electron chi connectivity index (χ1n) is 9.51. The molecule has 3 heterocycles. The van der Waals surface area contributed by atoms with E-state index in [1.807, 2.05) is 11.0 Å². The fourth-order valence-corrected chi connectivity index (χ4v) is 4.36. The van der Waals surface area contributed by atoms with Crippen molar-refractivity contribution in [1.29, 1.82) is 5.26 Å². The monoisotopic (exact) mass is 423 g/mol. The molecule has 0 saturated carbocycles. The van der Waals surface area contributed by atoms with Crippen LogP contribution >= 0.6 is 0 Å². The van der Waals surface area contributed by atoms with Crippen LogP contribution in [0.2, 0.25) is 0 Å². The van der Waals surface area contributed by atoms with Crippen LogP contribution in [0.15, 0.2) is 35.5 Å². The molecule has 10 heteroatoms. The van der Waals surface area contributed by atoms with Crippen molar-refractivity contribution in [2.75, 3.05) is 23.6 Å². The fourth-order valence-electron chi connectivity index (χ4n) is 3.22. The van der Waals surface area contributed by atoms with Gasteiger partial charge in [0.05, 0.1) is 17.6 Å². The van der Waals surface area contributed by atoms with Crippen LogP contribution in [-0.2, 0) is 10.0 Å². The summed E-state index contributed by atoms with van der Waals surface area (Å²) < 4.78 is 32.6. The number of nitriles is 1. The van der Waals surface area contributed by atoms with E-state index in [4.69, 9.17) is 4.74 Å². The summed E-state index contributed by atoms with van der Waals surface area (Å²) in [6, 6.07) is 8.46. The Labute approximate surface area is 174 Å². The molecule has 0 unspecified atom stereocenters. The number of pyridine rings is 1. The van der Waals surface area contributed by atoms with Gasteiger partial charge in [0.1, 0.15) is 29.5 Å². The minimum Gasteiger partial charge on any atom is -0.438 e. The third kappa shape index (κ3) is 3.91. The molecule has 4 rings (SSSR count). The molecule has 152 valence electrons. The number of benzene rings is 1. The zero-order valence-corrected chi connectivity index (χ0v) is 17.1. The molecular weight excluding hydrogens is 404 g/mol. The van der Waals surface area contributed by atoms with Crippen molar-refractivity contribution in [3.63, 3.8) is 0 Å². The molecule has 0 amide bonds. The van der Waals surface area contributed by atoms with E-state index in [0.717, 1.165) is 30.9 Å². The molecule has 9 nitrogen and oxygen atoms in total. The van der Waals surface area contributed by atoms with Crippen molar-refractivity contribution in [3.8, 4) is 23.9 Å². The lowest BCUT2D eigenvalue weighted by molar-refractivity contribution is 0.461. The van der Waals surface area contributed by atoms with E-state index in [0.29, 0.717) is 12.1 Å². The topological polar surface area (TPSA) is 112 Å². The van der Waals surface area contributed by atoms with E-state index in [9.17, 15) is 13.7 Å². The predicted molar refractivity (Wildman–Crippen MR) is 113 cm³/mol. The smallest absolute Gasteiger partial charge is 0.384 e. The molecule has 1 aromatic carbocycles. The van der Waals surface area contributed by atoms with E-state index in [1.165, 1.54) is 6.07 Å². The van der Waals surface area contributed by atoms with Gasteiger partial charge in [0.2, 0.25) is 21.7 Å². The van der Waals surface area contributed by atoms with Gasteiger partial charge in [-0.25, -0.2) is 18.4 Å². The SMILES string of the molecule is CCCS(=O)(=O)Nc1cccc(Oc2cc3c(cn2)[N+]#CN2CCCN=C32)c1C#N. The number of anilines is 1. The van der Waals surface area contributed by atoms with Gasteiger partial charge < -0.3 is 4.74 Å². The number of rotatable bonds is 6. The summed E-state index contributed by atoms with van der Waals surface area (Å²) in [6.45, 7) is 3.29. The summed E-state index contributed by atoms with van der Waals surface area (Å²) in [5.74, 6) is 1.19. The summed E-state index contributed by atoms with van der Waals surface area (Å²) in [6.07, 6.45) is 5.90. The van der Waals surface area contributed by atoms with Gasteiger partial charge in [0.15, 0.2) is 0 Å². The van der Waals surface area contributed by atoms with Gasteiger partial charge in [0, 0.05) is 19.0 Å². The zero-order valence-electron chi connectivity index (χ0n) is 16.3. The maximum absolute atomic E-state index is 12.1. The lowest BCUT2D eigenvalue weighted by atomic mass is 10.1. The lowest BCUT2D eigenvalue weighted by Crippen LogP contribution is -2.33. The molecule has 0 fully saturated rings. The Morgan fingerprint density at radius 2 is 2.30 bits per heavy atom. The molecule has 0 bridgehead atoms. The van der Waals surface area contributed by atoms with Gasteiger partial charge in [-0.05, 0) is 18.6 Å². The highest BCUT2D eigenvalue weighted by Gasteiger charge is 2.32. The summed E-state index contributed by atoms with van der Waals surface area (Å²) in [5.41, 5.74) is 1.67. The molecule has 0 spiro atoms. The molecule has 1 aromatic heterocycles. The van der Waals surface area contributed by atoms with E-state index < -0.39 is 10.0 Å². The van der Waals surface area contributed by atoms with E-state index >= 15 is 0 Å². The third-order valence-electron chi connectivity index (χ3n) is 4.54. The van der Waals surface area contributed by atoms with Crippen LogP contribution < -0.4 is 9.46 Å². The van der Waals surface area contributed by atoms with Crippen LogP contribution in [0, 0.1) is 17.5 Å². The average Bonchev–Trinajstić information content (AvgIpc) is 2.73. The summed E-state index contributed by atoms with van der Waals surface area (Å²) in [7, 11) is -3.55. The largest absolute Gasteiger partial charge is 0.438 e. The minimum absolute atomic E-state index is 0.0362. The van der Waals surface area contributed by atoms with Crippen molar-refractivity contribution < 1.29 is 13.2 Å². The van der Waals surface area contributed by atoms with Crippen molar-refractivity contribution in [1.82, 2.24) is 9.88 Å². The first kappa shape index (κ1) is 19.7. The van der Waals surface area contributed by atoms with Crippen LogP contribution in [0.4, 0.5) is 11.4 Å². The molecule has 0 aliphatic carbocycles. The zero-order chi connectivity index (χ0) is 21.1. The normalized spacial score (nSPS) is 14.4. The number of ether oxygens (including phenoxy) is 1. The van der Waals surface area contributed by atoms with E-state index in [1.54, 1.807) is 31.3 Å². The highest BCUT2D eigenvalue weighted by molar-refractivity contribution is 7.92. The van der Waals surface area contributed by atoms with Crippen LogP contribution in [-0.4, -0.2) is 43.0 Å². The molecule has 30 heavy (non-hydrogen) atoms. The maximum Gasteiger partial charge on any atom is 0.384 e. The Morgan fingerprint density at radius 3 is 3.10 bits per heavy atom. The lowest BCUT2D eigenvalue weighted by Gasteiger charge is -2.18. The van der Waals surface area contributed by atoms with Crippen LogP contribution in [0.25, 0.3) is 4.85 Å². The minimum atomic E-state index is -3.55. The van der Waals surface area contributed by atoms with Crippen molar-refractivity contribution in [3.05, 3.63) is 46.4 Å². The van der Waals surface area contributed by atoms with Crippen LogP contribution in [0.5, 0.6) is 11.6 Å². The van der Waals surface area contributed by atoms with Crippen molar-refractivity contribution in [2.24, 2.45) is 4.99 Å². The molecule has 0 saturated heterocycles. The average molecular weight is 423 g/mol. The Bertz CT molecular complexity index is 1240. The van der Waals surface area contributed by atoms with Gasteiger partial charge >= 0.3 is 6.19 Å². The van der Waals surface area contributed by atoms with Gasteiger partial charge in [-0.15, -0.1) is 0 Å². The number of hydrogen-bond acceptors (Lipinski definition) is 7. The Kier molecular flexibility index (Phi) is 5.25. The van der Waals surface area contributed by atoms with Gasteiger partial charge in [-0.1, -0.05) is 13.0 Å². The second-order valence-electron chi connectivity index (χ2n) is 6.78. The quantitative estimate of drug-likeness (QED) is 0.714. The predicted octanol–water partition coefficient (Wildman–Crippen LogP) is 3.29. The van der Waals surface area contributed by atoms with E-state index in [-0.39, 0.29) is 28.6 Å². The fraction of sp³-hybridized carbons (Fsp3) is 0.300. The number of nitrogens with one attached hydrogen (secondary N) is 1. The van der Waals surface area contributed by atoms with Gasteiger partial charge in [-0.3, -0.25) is 4.72 Å². The number of hydrogen-bond donors (Lipinski definition) is 1. The standard InChI is InChI=1S/C20H19N6O3S/c1-2-9-30(27,28)25-16-5-3-6-18(15(16)11-21)29-19-10-14-17(12-23-19)24-13-26-8-4-7-22-20(14)26/h3,5-6,10,12,25H,2,4,7-9H2,1H3/q+1. The summed E-state index contributed by atoms with van der Waals surface area (Å²) >= 11 is 0. The number of sulfonamides is 1. The third-order valence-corrected chi connectivity index (χ3v) is 6.01. The number of nitrogens with zero attached hydrogens (tertiary/aromatic N) is 5. The van der Waals surface area contributed by atoms with Crippen LogP contribution in [0.3, 0.4) is 0 Å². The second kappa shape index (κ2) is 8.01. The van der Waals surface area contributed by atoms with Gasteiger partial charge in [-0.2, -0.15) is 15.0 Å². The van der Waals surface area contributed by atoms with E-state index in [2.05, 4.69) is 25.7 Å². The molecule has 2 aliphatic rings. The Hall–Kier alpha value is -3.63. The molecule has 0 atom stereocenters. The number of aliphatic imine (C=N–C) groups is 1. The highest BCUT2D eigenvalue weighted by Crippen LogP contribution is 2.33. The number of aromatic nitrogens is 1. The summed E-state index contributed by atoms with van der Waals surface area (Å²) in [4.78, 5) is 15.0. The maximum atomic E-state index is 12.1. The molecule has 1 N–H and O–H groups in total. The van der Waals surface area contributed by atoms with Gasteiger partial charge in [0.25, 0.3) is 5.69 Å². The highest BCUT2D eigenvalue weighted by atomic mass is 32.2. The first-order valence-corrected chi connectivity index (χ1v) is 11.2. The molecule has 0 radical (unpaired) electrons. The molecule has 2 aliphatic heterocycles. The first-order chi connectivity index (χ1) is 14.5. The number of amidine groups is 1. The second-order valence-corrected chi connectivity index (χ2v) is 8.62. The molecular formula is C20H19N6O3S+. The Morgan fingerprint density at radius 1 is 1.43 bits per heavy atom.